The Bertz CT molecular complexity index is 811. The molecular weight excluding hydrogens is 384 g/mol. The van der Waals surface area contributed by atoms with Crippen LogP contribution in [0.4, 0.5) is 0 Å². The highest BCUT2D eigenvalue weighted by Gasteiger charge is 2.16. The summed E-state index contributed by atoms with van der Waals surface area (Å²) in [5.41, 5.74) is 5.40. The molecule has 0 unspecified atom stereocenters. The molecule has 2 aromatic carbocycles. The van der Waals surface area contributed by atoms with Crippen LogP contribution in [0.2, 0.25) is 5.02 Å². The third-order valence-corrected chi connectivity index (χ3v) is 3.87. The molecule has 0 aliphatic carbocycles. The highest BCUT2D eigenvalue weighted by atomic mass is 35.5. The Labute approximate surface area is 168 Å². The molecule has 0 saturated carbocycles. The Morgan fingerprint density at radius 2 is 1.71 bits per heavy atom. The smallest absolute Gasteiger partial charge is 0.279 e. The second-order valence-electron chi connectivity index (χ2n) is 5.90. The number of benzene rings is 2. The summed E-state index contributed by atoms with van der Waals surface area (Å²) >= 11 is 5.87. The summed E-state index contributed by atoms with van der Waals surface area (Å²) in [4.78, 5) is 23.9. The van der Waals surface area contributed by atoms with Gasteiger partial charge in [0.1, 0.15) is 17.2 Å². The molecule has 2 aromatic rings. The van der Waals surface area contributed by atoms with Crippen LogP contribution in [0.25, 0.3) is 0 Å². The molecule has 0 heterocycles. The number of halogens is 1. The van der Waals surface area contributed by atoms with Crippen molar-refractivity contribution < 1.29 is 23.8 Å². The summed E-state index contributed by atoms with van der Waals surface area (Å²) in [6.07, 6.45) is -0.808. The van der Waals surface area contributed by atoms with E-state index in [1.165, 1.54) is 0 Å². The predicted molar refractivity (Wildman–Crippen MR) is 106 cm³/mol. The number of carbonyl (C=O) groups excluding carboxylic acids is 2. The molecule has 8 heteroatoms. The molecule has 7 nitrogen and oxygen atoms in total. The standard InChI is InChI=1S/C20H23ClN2O5/c1-4-26-16-6-8-17(9-7-16)28-14(3)20(25)23-22-19(24)12-27-18-10-5-15(21)11-13(18)2/h5-11,14H,4,12H2,1-3H3,(H,22,24)(H,23,25)/t14-/m1/s1. The summed E-state index contributed by atoms with van der Waals surface area (Å²) in [5, 5.41) is 0.586. The Morgan fingerprint density at radius 3 is 2.36 bits per heavy atom. The summed E-state index contributed by atoms with van der Waals surface area (Å²) in [5.74, 6) is 0.771. The van der Waals surface area contributed by atoms with E-state index < -0.39 is 17.9 Å². The average Bonchev–Trinajstić information content (AvgIpc) is 2.67. The molecule has 0 bridgehead atoms. The molecule has 0 radical (unpaired) electrons. The first kappa shape index (κ1) is 21.4. The average molecular weight is 407 g/mol. The lowest BCUT2D eigenvalue weighted by Gasteiger charge is -2.16. The van der Waals surface area contributed by atoms with Crippen LogP contribution in [0.5, 0.6) is 17.2 Å². The zero-order chi connectivity index (χ0) is 20.5. The van der Waals surface area contributed by atoms with Gasteiger partial charge in [-0.2, -0.15) is 0 Å². The first-order valence-corrected chi connectivity index (χ1v) is 9.14. The van der Waals surface area contributed by atoms with Crippen LogP contribution < -0.4 is 25.1 Å². The highest BCUT2D eigenvalue weighted by molar-refractivity contribution is 6.30. The quantitative estimate of drug-likeness (QED) is 0.658. The van der Waals surface area contributed by atoms with E-state index in [2.05, 4.69) is 10.9 Å². The van der Waals surface area contributed by atoms with E-state index in [4.69, 9.17) is 25.8 Å². The number of aryl methyl sites for hydroxylation is 1. The fourth-order valence-corrected chi connectivity index (χ4v) is 2.45. The molecular formula is C20H23ClN2O5. The first-order valence-electron chi connectivity index (χ1n) is 8.76. The molecule has 0 aliphatic heterocycles. The normalized spacial score (nSPS) is 11.3. The second kappa shape index (κ2) is 10.4. The van der Waals surface area contributed by atoms with Crippen molar-refractivity contribution in [1.29, 1.82) is 0 Å². The number of rotatable bonds is 8. The maximum Gasteiger partial charge on any atom is 0.279 e. The molecule has 2 amide bonds. The molecule has 2 N–H and O–H groups in total. The molecule has 0 spiro atoms. The zero-order valence-corrected chi connectivity index (χ0v) is 16.7. The van der Waals surface area contributed by atoms with Crippen molar-refractivity contribution in [2.75, 3.05) is 13.2 Å². The van der Waals surface area contributed by atoms with E-state index in [9.17, 15) is 9.59 Å². The Balaban J connectivity index is 1.74. The molecule has 0 aliphatic rings. The molecule has 0 aromatic heterocycles. The summed E-state index contributed by atoms with van der Waals surface area (Å²) in [7, 11) is 0. The van der Waals surface area contributed by atoms with Crippen LogP contribution in [-0.2, 0) is 9.59 Å². The topological polar surface area (TPSA) is 85.9 Å². The van der Waals surface area contributed by atoms with E-state index in [0.29, 0.717) is 23.1 Å². The van der Waals surface area contributed by atoms with E-state index >= 15 is 0 Å². The van der Waals surface area contributed by atoms with Gasteiger partial charge in [-0.3, -0.25) is 20.4 Å². The highest BCUT2D eigenvalue weighted by Crippen LogP contribution is 2.21. The third kappa shape index (κ3) is 6.66. The summed E-state index contributed by atoms with van der Waals surface area (Å²) in [6.45, 7) is 5.61. The van der Waals surface area contributed by atoms with Crippen molar-refractivity contribution in [2.45, 2.75) is 26.9 Å². The van der Waals surface area contributed by atoms with Gasteiger partial charge in [0, 0.05) is 5.02 Å². The summed E-state index contributed by atoms with van der Waals surface area (Å²) in [6, 6.07) is 12.0. The van der Waals surface area contributed by atoms with Crippen molar-refractivity contribution in [3.8, 4) is 17.2 Å². The van der Waals surface area contributed by atoms with Crippen LogP contribution in [-0.4, -0.2) is 31.1 Å². The number of amides is 2. The molecule has 1 atom stereocenters. The number of hydrogen-bond donors (Lipinski definition) is 2. The molecule has 0 fully saturated rings. The number of hydrogen-bond acceptors (Lipinski definition) is 5. The lowest BCUT2D eigenvalue weighted by molar-refractivity contribution is -0.133. The van der Waals surface area contributed by atoms with Gasteiger partial charge >= 0.3 is 0 Å². The Morgan fingerprint density at radius 1 is 1.04 bits per heavy atom. The minimum atomic E-state index is -0.808. The largest absolute Gasteiger partial charge is 0.494 e. The minimum Gasteiger partial charge on any atom is -0.494 e. The van der Waals surface area contributed by atoms with Gasteiger partial charge in [-0.25, -0.2) is 0 Å². The third-order valence-electron chi connectivity index (χ3n) is 3.64. The lowest BCUT2D eigenvalue weighted by atomic mass is 10.2. The van der Waals surface area contributed by atoms with Gasteiger partial charge in [0.15, 0.2) is 12.7 Å². The van der Waals surface area contributed by atoms with Crippen LogP contribution in [0.3, 0.4) is 0 Å². The van der Waals surface area contributed by atoms with Crippen LogP contribution >= 0.6 is 11.6 Å². The number of hydrazine groups is 1. The molecule has 150 valence electrons. The van der Waals surface area contributed by atoms with Crippen molar-refractivity contribution in [1.82, 2.24) is 10.9 Å². The second-order valence-corrected chi connectivity index (χ2v) is 6.34. The maximum atomic E-state index is 12.1. The molecule has 0 saturated heterocycles. The predicted octanol–water partition coefficient (Wildman–Crippen LogP) is 3.04. The zero-order valence-electron chi connectivity index (χ0n) is 16.0. The molecule has 2 rings (SSSR count). The van der Waals surface area contributed by atoms with Gasteiger partial charge < -0.3 is 14.2 Å². The van der Waals surface area contributed by atoms with Gasteiger partial charge in [-0.1, -0.05) is 11.6 Å². The Kier molecular flexibility index (Phi) is 7.95. The van der Waals surface area contributed by atoms with Crippen LogP contribution in [0, 0.1) is 6.92 Å². The van der Waals surface area contributed by atoms with E-state index in [0.717, 1.165) is 11.3 Å². The maximum absolute atomic E-state index is 12.1. The fraction of sp³-hybridized carbons (Fsp3) is 0.300. The van der Waals surface area contributed by atoms with Gasteiger partial charge in [-0.15, -0.1) is 0 Å². The van der Waals surface area contributed by atoms with Crippen LogP contribution in [0.15, 0.2) is 42.5 Å². The van der Waals surface area contributed by atoms with E-state index in [-0.39, 0.29) is 6.61 Å². The van der Waals surface area contributed by atoms with Crippen molar-refractivity contribution in [2.24, 2.45) is 0 Å². The van der Waals surface area contributed by atoms with Crippen molar-refractivity contribution in [3.05, 3.63) is 53.1 Å². The Hall–Kier alpha value is -2.93. The monoisotopic (exact) mass is 406 g/mol. The van der Waals surface area contributed by atoms with E-state index in [1.807, 2.05) is 13.8 Å². The number of ether oxygens (including phenoxy) is 3. The first-order chi connectivity index (χ1) is 13.4. The molecule has 28 heavy (non-hydrogen) atoms. The minimum absolute atomic E-state index is 0.253. The van der Waals surface area contributed by atoms with Gasteiger partial charge in [-0.05, 0) is 68.8 Å². The van der Waals surface area contributed by atoms with Gasteiger partial charge in [0.25, 0.3) is 11.8 Å². The van der Waals surface area contributed by atoms with Gasteiger partial charge in [0.05, 0.1) is 6.61 Å². The van der Waals surface area contributed by atoms with Gasteiger partial charge in [0.2, 0.25) is 0 Å². The lowest BCUT2D eigenvalue weighted by Crippen LogP contribution is -2.48. The number of carbonyl (C=O) groups is 2. The SMILES string of the molecule is CCOc1ccc(O[C@H](C)C(=O)NNC(=O)COc2ccc(Cl)cc2C)cc1. The van der Waals surface area contributed by atoms with Crippen molar-refractivity contribution >= 4 is 23.4 Å². The number of nitrogens with one attached hydrogen (secondary N) is 2. The van der Waals surface area contributed by atoms with Crippen molar-refractivity contribution in [3.63, 3.8) is 0 Å². The summed E-state index contributed by atoms with van der Waals surface area (Å²) < 4.78 is 16.3. The van der Waals surface area contributed by atoms with E-state index in [1.54, 1.807) is 49.4 Å². The van der Waals surface area contributed by atoms with Crippen LogP contribution in [0.1, 0.15) is 19.4 Å². The fourth-order valence-electron chi connectivity index (χ4n) is 2.23.